The summed E-state index contributed by atoms with van der Waals surface area (Å²) in [5.74, 6) is 0.711. The predicted molar refractivity (Wildman–Crippen MR) is 114 cm³/mol. The number of Topliss-reactive ketones (excluding diaryl/α,β-unsaturated/α-hetero) is 1. The van der Waals surface area contributed by atoms with Crippen molar-refractivity contribution in [1.29, 1.82) is 0 Å². The van der Waals surface area contributed by atoms with Crippen LogP contribution in [0.4, 0.5) is 0 Å². The van der Waals surface area contributed by atoms with Crippen molar-refractivity contribution >= 4 is 23.1 Å². The number of carbonyl (C=O) groups excluding carboxylic acids is 2. The van der Waals surface area contributed by atoms with Crippen LogP contribution in [0, 0.1) is 5.92 Å². The van der Waals surface area contributed by atoms with E-state index in [0.29, 0.717) is 24.5 Å². The molecule has 4 nitrogen and oxygen atoms in total. The number of aliphatic hydroxyl groups is 1. The summed E-state index contributed by atoms with van der Waals surface area (Å²) in [5.41, 5.74) is 0. The number of unbranched alkanes of at least 4 members (excludes halogenated alkanes) is 5. The molecule has 1 unspecified atom stereocenters. The van der Waals surface area contributed by atoms with Gasteiger partial charge in [-0.1, -0.05) is 45.4 Å². The van der Waals surface area contributed by atoms with Crippen molar-refractivity contribution in [2.75, 3.05) is 7.11 Å². The SMILES string of the molecule is CCCCCC(O)c1ccc([C@H]2CCC(=O)[C@@H]2CCCCCCC(=O)OC)s1. The molecule has 0 saturated heterocycles. The Bertz CT molecular complexity index is 609. The van der Waals surface area contributed by atoms with Crippen LogP contribution >= 0.6 is 11.3 Å². The molecule has 3 atom stereocenters. The fourth-order valence-electron chi connectivity index (χ4n) is 4.18. The molecular weight excluding hydrogens is 372 g/mol. The fourth-order valence-corrected chi connectivity index (χ4v) is 5.41. The number of rotatable bonds is 13. The number of aliphatic hydroxyl groups excluding tert-OH is 1. The van der Waals surface area contributed by atoms with Crippen LogP contribution in [0.1, 0.15) is 106 Å². The Hall–Kier alpha value is -1.20. The second-order valence-electron chi connectivity index (χ2n) is 8.00. The van der Waals surface area contributed by atoms with E-state index in [1.807, 2.05) is 0 Å². The summed E-state index contributed by atoms with van der Waals surface area (Å²) in [6.45, 7) is 2.17. The van der Waals surface area contributed by atoms with E-state index in [1.165, 1.54) is 12.0 Å². The first-order chi connectivity index (χ1) is 13.6. The van der Waals surface area contributed by atoms with Crippen LogP contribution in [0.5, 0.6) is 0 Å². The van der Waals surface area contributed by atoms with E-state index >= 15 is 0 Å². The summed E-state index contributed by atoms with van der Waals surface area (Å²) in [4.78, 5) is 25.9. The summed E-state index contributed by atoms with van der Waals surface area (Å²) < 4.78 is 4.66. The lowest BCUT2D eigenvalue weighted by Crippen LogP contribution is -2.12. The molecule has 1 saturated carbocycles. The van der Waals surface area contributed by atoms with Crippen LogP contribution < -0.4 is 0 Å². The van der Waals surface area contributed by atoms with Crippen LogP contribution in [-0.4, -0.2) is 24.0 Å². The standard InChI is InChI=1S/C23H36O4S/c1-3-4-7-11-20(25)22-16-15-21(28-22)18-13-14-19(24)17(18)10-8-5-6-9-12-23(26)27-2/h15-18,20,25H,3-14H2,1-2H3/t17-,18+,20?/m1/s1. The molecule has 1 N–H and O–H groups in total. The van der Waals surface area contributed by atoms with Crippen LogP contribution in [0.3, 0.4) is 0 Å². The largest absolute Gasteiger partial charge is 0.469 e. The molecule has 0 spiro atoms. The molecule has 0 bridgehead atoms. The van der Waals surface area contributed by atoms with Crippen molar-refractivity contribution in [3.8, 4) is 0 Å². The van der Waals surface area contributed by atoms with Gasteiger partial charge in [0.2, 0.25) is 0 Å². The van der Waals surface area contributed by atoms with Gasteiger partial charge in [-0.05, 0) is 37.8 Å². The Morgan fingerprint density at radius 1 is 1.21 bits per heavy atom. The van der Waals surface area contributed by atoms with E-state index in [-0.39, 0.29) is 18.0 Å². The Labute approximate surface area is 173 Å². The van der Waals surface area contributed by atoms with Crippen LogP contribution in [0.15, 0.2) is 12.1 Å². The maximum Gasteiger partial charge on any atom is 0.305 e. The van der Waals surface area contributed by atoms with Crippen molar-refractivity contribution in [3.05, 3.63) is 21.9 Å². The quantitative estimate of drug-likeness (QED) is 0.324. The lowest BCUT2D eigenvalue weighted by atomic mass is 9.89. The van der Waals surface area contributed by atoms with Gasteiger partial charge in [-0.3, -0.25) is 9.59 Å². The van der Waals surface area contributed by atoms with Gasteiger partial charge in [0.15, 0.2) is 0 Å². The zero-order chi connectivity index (χ0) is 20.4. The van der Waals surface area contributed by atoms with Gasteiger partial charge in [-0.2, -0.15) is 0 Å². The number of hydrogen-bond acceptors (Lipinski definition) is 5. The van der Waals surface area contributed by atoms with Crippen LogP contribution in [-0.2, 0) is 14.3 Å². The molecule has 0 radical (unpaired) electrons. The number of ketones is 1. The second-order valence-corrected chi connectivity index (χ2v) is 9.15. The van der Waals surface area contributed by atoms with Gasteiger partial charge >= 0.3 is 5.97 Å². The minimum Gasteiger partial charge on any atom is -0.469 e. The zero-order valence-corrected chi connectivity index (χ0v) is 18.3. The molecule has 158 valence electrons. The summed E-state index contributed by atoms with van der Waals surface area (Å²) in [5, 5.41) is 10.4. The first-order valence-corrected chi connectivity index (χ1v) is 11.8. The minimum absolute atomic E-state index is 0.129. The highest BCUT2D eigenvalue weighted by Crippen LogP contribution is 2.43. The third-order valence-electron chi connectivity index (χ3n) is 5.90. The van der Waals surface area contributed by atoms with Crippen molar-refractivity contribution < 1.29 is 19.4 Å². The number of hydrogen-bond donors (Lipinski definition) is 1. The van der Waals surface area contributed by atoms with E-state index in [9.17, 15) is 14.7 Å². The van der Waals surface area contributed by atoms with Gasteiger partial charge in [0, 0.05) is 34.4 Å². The number of methoxy groups -OCH3 is 1. The van der Waals surface area contributed by atoms with Crippen LogP contribution in [0.25, 0.3) is 0 Å². The molecule has 1 heterocycles. The van der Waals surface area contributed by atoms with E-state index < -0.39 is 0 Å². The van der Waals surface area contributed by atoms with Crippen molar-refractivity contribution in [2.45, 2.75) is 96.0 Å². The number of esters is 1. The van der Waals surface area contributed by atoms with E-state index in [0.717, 1.165) is 69.1 Å². The van der Waals surface area contributed by atoms with Gasteiger partial charge in [0.05, 0.1) is 13.2 Å². The van der Waals surface area contributed by atoms with Gasteiger partial charge < -0.3 is 9.84 Å². The lowest BCUT2D eigenvalue weighted by Gasteiger charge is -2.17. The molecule has 5 heteroatoms. The first-order valence-electron chi connectivity index (χ1n) is 10.9. The summed E-state index contributed by atoms with van der Waals surface area (Å²) in [6, 6.07) is 4.19. The predicted octanol–water partition coefficient (Wildman–Crippen LogP) is 5.94. The monoisotopic (exact) mass is 408 g/mol. The van der Waals surface area contributed by atoms with Crippen molar-refractivity contribution in [3.63, 3.8) is 0 Å². The van der Waals surface area contributed by atoms with Crippen molar-refractivity contribution in [1.82, 2.24) is 0 Å². The highest BCUT2D eigenvalue weighted by molar-refractivity contribution is 7.12. The number of thiophene rings is 1. The van der Waals surface area contributed by atoms with Gasteiger partial charge in [-0.15, -0.1) is 11.3 Å². The normalized spacial score (nSPS) is 20.5. The van der Waals surface area contributed by atoms with E-state index in [1.54, 1.807) is 11.3 Å². The first kappa shape index (κ1) is 23.1. The molecule has 0 aromatic carbocycles. The Morgan fingerprint density at radius 2 is 2.00 bits per heavy atom. The third kappa shape index (κ3) is 7.00. The molecule has 1 aromatic heterocycles. The Morgan fingerprint density at radius 3 is 2.75 bits per heavy atom. The molecule has 1 fully saturated rings. The average Bonchev–Trinajstić information content (AvgIpc) is 3.31. The molecule has 0 aliphatic heterocycles. The van der Waals surface area contributed by atoms with E-state index in [2.05, 4.69) is 23.8 Å². The Balaban J connectivity index is 1.80. The molecule has 0 amide bonds. The third-order valence-corrected chi connectivity index (χ3v) is 7.22. The highest BCUT2D eigenvalue weighted by Gasteiger charge is 2.36. The molecular formula is C23H36O4S. The maximum atomic E-state index is 12.4. The highest BCUT2D eigenvalue weighted by atomic mass is 32.1. The zero-order valence-electron chi connectivity index (χ0n) is 17.5. The maximum absolute atomic E-state index is 12.4. The molecule has 1 aromatic rings. The van der Waals surface area contributed by atoms with Crippen molar-refractivity contribution in [2.24, 2.45) is 5.92 Å². The molecule has 28 heavy (non-hydrogen) atoms. The van der Waals surface area contributed by atoms with E-state index in [4.69, 9.17) is 0 Å². The fraction of sp³-hybridized carbons (Fsp3) is 0.739. The molecule has 2 rings (SSSR count). The van der Waals surface area contributed by atoms with Gasteiger partial charge in [0.25, 0.3) is 0 Å². The number of ether oxygens (including phenoxy) is 1. The van der Waals surface area contributed by atoms with Gasteiger partial charge in [0.1, 0.15) is 5.78 Å². The van der Waals surface area contributed by atoms with Crippen LogP contribution in [0.2, 0.25) is 0 Å². The Kier molecular flexibility index (Phi) is 10.2. The number of carbonyl (C=O) groups is 2. The lowest BCUT2D eigenvalue weighted by molar-refractivity contribution is -0.140. The molecule has 1 aliphatic carbocycles. The minimum atomic E-state index is -0.365. The topological polar surface area (TPSA) is 63.6 Å². The molecule has 1 aliphatic rings. The summed E-state index contributed by atoms with van der Waals surface area (Å²) in [6.07, 6.45) is 10.9. The second kappa shape index (κ2) is 12.4. The van der Waals surface area contributed by atoms with Gasteiger partial charge in [-0.25, -0.2) is 0 Å². The summed E-state index contributed by atoms with van der Waals surface area (Å²) >= 11 is 1.70. The summed E-state index contributed by atoms with van der Waals surface area (Å²) in [7, 11) is 1.42. The smallest absolute Gasteiger partial charge is 0.305 e. The average molecular weight is 409 g/mol.